The molecule has 2 atom stereocenters. The van der Waals surface area contributed by atoms with Gasteiger partial charge in [-0.3, -0.25) is 0 Å². The van der Waals surface area contributed by atoms with E-state index in [-0.39, 0.29) is 6.04 Å². The number of piperidine rings is 1. The summed E-state index contributed by atoms with van der Waals surface area (Å²) in [6, 6.07) is 3.77. The average molecular weight is 280 g/mol. The summed E-state index contributed by atoms with van der Waals surface area (Å²) in [6.45, 7) is 4.35. The van der Waals surface area contributed by atoms with Crippen LogP contribution in [0.15, 0.2) is 17.0 Å². The summed E-state index contributed by atoms with van der Waals surface area (Å²) >= 11 is 0. The Labute approximate surface area is 114 Å². The highest BCUT2D eigenvalue weighted by Gasteiger charge is 2.44. The summed E-state index contributed by atoms with van der Waals surface area (Å²) in [5, 5.41) is 0. The summed E-state index contributed by atoms with van der Waals surface area (Å²) in [7, 11) is -3.39. The Kier molecular flexibility index (Phi) is 2.87. The van der Waals surface area contributed by atoms with Gasteiger partial charge in [-0.15, -0.1) is 0 Å². The van der Waals surface area contributed by atoms with Crippen molar-refractivity contribution in [3.8, 4) is 0 Å². The molecule has 1 aromatic carbocycles. The second-order valence-electron chi connectivity index (χ2n) is 5.88. The molecule has 19 heavy (non-hydrogen) atoms. The highest BCUT2D eigenvalue weighted by atomic mass is 32.2. The highest BCUT2D eigenvalue weighted by molar-refractivity contribution is 7.89. The largest absolute Gasteiger partial charge is 0.398 e. The van der Waals surface area contributed by atoms with E-state index in [0.717, 1.165) is 18.4 Å². The molecule has 2 aliphatic rings. The van der Waals surface area contributed by atoms with Crippen LogP contribution in [-0.2, 0) is 10.0 Å². The fourth-order valence-electron chi connectivity index (χ4n) is 3.42. The SMILES string of the molecule is Cc1cc(N)c(C)c(S(=O)(=O)N2CC3CCC2C3)c1. The predicted octanol–water partition coefficient (Wildman–Crippen LogP) is 2.06. The first-order valence-electron chi connectivity index (χ1n) is 6.78. The number of nitrogen functional groups attached to an aromatic ring is 1. The number of aryl methyl sites for hydroxylation is 1. The Bertz CT molecular complexity index is 625. The van der Waals surface area contributed by atoms with Crippen molar-refractivity contribution in [3.05, 3.63) is 23.3 Å². The lowest BCUT2D eigenvalue weighted by Crippen LogP contribution is -2.38. The molecule has 3 rings (SSSR count). The van der Waals surface area contributed by atoms with Crippen molar-refractivity contribution in [3.63, 3.8) is 0 Å². The molecule has 0 amide bonds. The molecular formula is C14H20N2O2S. The van der Waals surface area contributed by atoms with Gasteiger partial charge in [-0.1, -0.05) is 0 Å². The quantitative estimate of drug-likeness (QED) is 0.843. The molecule has 4 nitrogen and oxygen atoms in total. The first-order valence-corrected chi connectivity index (χ1v) is 8.22. The molecule has 1 saturated heterocycles. The summed E-state index contributed by atoms with van der Waals surface area (Å²) in [4.78, 5) is 0.387. The van der Waals surface area contributed by atoms with Crippen molar-refractivity contribution in [2.24, 2.45) is 5.92 Å². The zero-order valence-corrected chi connectivity index (χ0v) is 12.2. The average Bonchev–Trinajstić information content (AvgIpc) is 2.95. The fraction of sp³-hybridized carbons (Fsp3) is 0.571. The number of rotatable bonds is 2. The second-order valence-corrected chi connectivity index (χ2v) is 7.74. The Balaban J connectivity index is 2.06. The summed E-state index contributed by atoms with van der Waals surface area (Å²) in [5.41, 5.74) is 8.04. The van der Waals surface area contributed by atoms with Gasteiger partial charge in [0.2, 0.25) is 10.0 Å². The van der Waals surface area contributed by atoms with Crippen molar-refractivity contribution < 1.29 is 8.42 Å². The van der Waals surface area contributed by atoms with Gasteiger partial charge in [-0.05, 0) is 62.3 Å². The number of hydrogen-bond donors (Lipinski definition) is 1. The normalized spacial score (nSPS) is 27.1. The molecule has 0 aromatic heterocycles. The van der Waals surface area contributed by atoms with Crippen molar-refractivity contribution >= 4 is 15.7 Å². The molecule has 1 aliphatic carbocycles. The third-order valence-electron chi connectivity index (χ3n) is 4.49. The van der Waals surface area contributed by atoms with Crippen LogP contribution in [0.5, 0.6) is 0 Å². The van der Waals surface area contributed by atoms with Gasteiger partial charge in [-0.2, -0.15) is 4.31 Å². The van der Waals surface area contributed by atoms with Crippen molar-refractivity contribution in [2.45, 2.75) is 44.0 Å². The third kappa shape index (κ3) is 1.96. The number of sulfonamides is 1. The summed E-state index contributed by atoms with van der Waals surface area (Å²) in [6.07, 6.45) is 3.20. The first kappa shape index (κ1) is 12.9. The lowest BCUT2D eigenvalue weighted by Gasteiger charge is -2.27. The van der Waals surface area contributed by atoms with E-state index in [9.17, 15) is 8.42 Å². The van der Waals surface area contributed by atoms with E-state index >= 15 is 0 Å². The Morgan fingerprint density at radius 1 is 1.26 bits per heavy atom. The van der Waals surface area contributed by atoms with E-state index in [1.165, 1.54) is 6.42 Å². The maximum atomic E-state index is 12.8. The van der Waals surface area contributed by atoms with Crippen molar-refractivity contribution in [2.75, 3.05) is 12.3 Å². The van der Waals surface area contributed by atoms with Crippen LogP contribution in [0.2, 0.25) is 0 Å². The van der Waals surface area contributed by atoms with Gasteiger partial charge in [-0.25, -0.2) is 8.42 Å². The van der Waals surface area contributed by atoms with Gasteiger partial charge >= 0.3 is 0 Å². The van der Waals surface area contributed by atoms with Crippen LogP contribution < -0.4 is 5.73 Å². The number of nitrogens with zero attached hydrogens (tertiary/aromatic N) is 1. The van der Waals surface area contributed by atoms with E-state index < -0.39 is 10.0 Å². The standard InChI is InChI=1S/C14H20N2O2S/c1-9-5-13(15)10(2)14(6-9)19(17,18)16-8-11-3-4-12(16)7-11/h5-6,11-12H,3-4,7-8,15H2,1-2H3. The van der Waals surface area contributed by atoms with Gasteiger partial charge in [0.1, 0.15) is 0 Å². The summed E-state index contributed by atoms with van der Waals surface area (Å²) < 4.78 is 27.3. The number of nitrogens with two attached hydrogens (primary N) is 1. The molecule has 5 heteroatoms. The van der Waals surface area contributed by atoms with Gasteiger partial charge in [0, 0.05) is 18.3 Å². The molecule has 1 aliphatic heterocycles. The molecule has 2 unspecified atom stereocenters. The minimum absolute atomic E-state index is 0.205. The molecule has 0 radical (unpaired) electrons. The smallest absolute Gasteiger partial charge is 0.243 e. The maximum absolute atomic E-state index is 12.8. The van der Waals surface area contributed by atoms with Gasteiger partial charge in [0.25, 0.3) is 0 Å². The molecular weight excluding hydrogens is 260 g/mol. The van der Waals surface area contributed by atoms with Crippen LogP contribution in [0.3, 0.4) is 0 Å². The molecule has 1 aromatic rings. The molecule has 2 fully saturated rings. The summed E-state index contributed by atoms with van der Waals surface area (Å²) in [5.74, 6) is 0.558. The van der Waals surface area contributed by atoms with E-state index in [1.54, 1.807) is 17.3 Å². The minimum atomic E-state index is -3.39. The Morgan fingerprint density at radius 2 is 2.00 bits per heavy atom. The fourth-order valence-corrected chi connectivity index (χ4v) is 5.50. The number of fused-ring (bicyclic) bond motifs is 2. The zero-order valence-electron chi connectivity index (χ0n) is 11.4. The molecule has 104 valence electrons. The highest BCUT2D eigenvalue weighted by Crippen LogP contribution is 2.41. The second kappa shape index (κ2) is 4.21. The van der Waals surface area contributed by atoms with Crippen molar-refractivity contribution in [1.82, 2.24) is 4.31 Å². The van der Waals surface area contributed by atoms with Crippen LogP contribution in [0.4, 0.5) is 5.69 Å². The Hall–Kier alpha value is -1.07. The van der Waals surface area contributed by atoms with Crippen LogP contribution in [-0.4, -0.2) is 25.3 Å². The lowest BCUT2D eigenvalue weighted by atomic mass is 10.1. The van der Waals surface area contributed by atoms with E-state index in [1.807, 2.05) is 13.0 Å². The van der Waals surface area contributed by atoms with Gasteiger partial charge < -0.3 is 5.73 Å². The van der Waals surface area contributed by atoms with E-state index in [0.29, 0.717) is 28.6 Å². The Morgan fingerprint density at radius 3 is 2.58 bits per heavy atom. The zero-order chi connectivity index (χ0) is 13.8. The van der Waals surface area contributed by atoms with Crippen LogP contribution >= 0.6 is 0 Å². The molecule has 0 spiro atoms. The monoisotopic (exact) mass is 280 g/mol. The van der Waals surface area contributed by atoms with E-state index in [4.69, 9.17) is 5.73 Å². The molecule has 1 saturated carbocycles. The van der Waals surface area contributed by atoms with Crippen molar-refractivity contribution in [1.29, 1.82) is 0 Å². The topological polar surface area (TPSA) is 63.4 Å². The van der Waals surface area contributed by atoms with E-state index in [2.05, 4.69) is 0 Å². The van der Waals surface area contributed by atoms with Crippen LogP contribution in [0.25, 0.3) is 0 Å². The van der Waals surface area contributed by atoms with Gasteiger partial charge in [0.15, 0.2) is 0 Å². The molecule has 2 bridgehead atoms. The molecule has 2 N–H and O–H groups in total. The first-order chi connectivity index (χ1) is 8.89. The molecule has 1 heterocycles. The van der Waals surface area contributed by atoms with Crippen LogP contribution in [0.1, 0.15) is 30.4 Å². The number of anilines is 1. The predicted molar refractivity (Wildman–Crippen MR) is 75.3 cm³/mol. The lowest BCUT2D eigenvalue weighted by molar-refractivity contribution is 0.333. The number of hydrogen-bond acceptors (Lipinski definition) is 3. The minimum Gasteiger partial charge on any atom is -0.398 e. The van der Waals surface area contributed by atoms with Crippen LogP contribution in [0, 0.1) is 19.8 Å². The maximum Gasteiger partial charge on any atom is 0.243 e. The number of benzene rings is 1. The van der Waals surface area contributed by atoms with Gasteiger partial charge in [0.05, 0.1) is 4.90 Å². The third-order valence-corrected chi connectivity index (χ3v) is 6.53.